The third kappa shape index (κ3) is 3.19. The average molecular weight is 241 g/mol. The Balaban J connectivity index is 2.93. The number of likely N-dealkylation sites (N-methyl/N-ethyl adjacent to an activating group) is 1. The fraction of sp³-hybridized carbons (Fsp3) is 0.500. The normalized spacial score (nSPS) is 14.4. The van der Waals surface area contributed by atoms with Gasteiger partial charge >= 0.3 is 0 Å². The van der Waals surface area contributed by atoms with Gasteiger partial charge in [0.25, 0.3) is 5.69 Å². The van der Waals surface area contributed by atoms with Gasteiger partial charge in [-0.05, 0) is 20.0 Å². The van der Waals surface area contributed by atoms with Gasteiger partial charge in [-0.1, -0.05) is 0 Å². The first kappa shape index (κ1) is 13.5. The van der Waals surface area contributed by atoms with Crippen LogP contribution in [0.2, 0.25) is 0 Å². The molecule has 1 aromatic rings. The highest BCUT2D eigenvalue weighted by Crippen LogP contribution is 2.20. The molecule has 0 bridgehead atoms. The van der Waals surface area contributed by atoms with Crippen molar-refractivity contribution in [1.82, 2.24) is 10.3 Å². The first-order valence-electron chi connectivity index (χ1n) is 5.10. The lowest BCUT2D eigenvalue weighted by atomic mass is 10.1. The molecule has 1 rings (SSSR count). The fourth-order valence-electron chi connectivity index (χ4n) is 1.45. The second-order valence-electron chi connectivity index (χ2n) is 3.67. The van der Waals surface area contributed by atoms with Crippen molar-refractivity contribution in [2.45, 2.75) is 19.1 Å². The SMILES string of the molecule is CNCC(O)C(O)c1ccc([N+](=O)[O-])c(C)n1. The van der Waals surface area contributed by atoms with Crippen molar-refractivity contribution in [3.05, 3.63) is 33.6 Å². The summed E-state index contributed by atoms with van der Waals surface area (Å²) in [4.78, 5) is 14.0. The number of aliphatic hydroxyl groups excluding tert-OH is 2. The molecule has 7 heteroatoms. The highest BCUT2D eigenvalue weighted by Gasteiger charge is 2.21. The van der Waals surface area contributed by atoms with Crippen molar-refractivity contribution in [2.24, 2.45) is 0 Å². The minimum atomic E-state index is -1.16. The Morgan fingerprint density at radius 1 is 1.53 bits per heavy atom. The summed E-state index contributed by atoms with van der Waals surface area (Å²) < 4.78 is 0. The van der Waals surface area contributed by atoms with E-state index < -0.39 is 17.1 Å². The zero-order chi connectivity index (χ0) is 13.0. The van der Waals surface area contributed by atoms with Crippen molar-refractivity contribution in [3.8, 4) is 0 Å². The van der Waals surface area contributed by atoms with Crippen LogP contribution < -0.4 is 5.32 Å². The van der Waals surface area contributed by atoms with E-state index in [1.807, 2.05) is 0 Å². The van der Waals surface area contributed by atoms with Crippen molar-refractivity contribution in [1.29, 1.82) is 0 Å². The Hall–Kier alpha value is -1.57. The van der Waals surface area contributed by atoms with Crippen LogP contribution in [0.3, 0.4) is 0 Å². The number of aryl methyl sites for hydroxylation is 1. The van der Waals surface area contributed by atoms with Gasteiger partial charge in [0.2, 0.25) is 0 Å². The summed E-state index contributed by atoms with van der Waals surface area (Å²) in [6, 6.07) is 2.61. The largest absolute Gasteiger partial charge is 0.389 e. The molecule has 0 saturated carbocycles. The molecule has 17 heavy (non-hydrogen) atoms. The van der Waals surface area contributed by atoms with E-state index in [2.05, 4.69) is 10.3 Å². The Labute approximate surface area is 98.3 Å². The number of pyridine rings is 1. The summed E-state index contributed by atoms with van der Waals surface area (Å²) in [7, 11) is 1.64. The predicted molar refractivity (Wildman–Crippen MR) is 60.5 cm³/mol. The minimum absolute atomic E-state index is 0.107. The number of aliphatic hydroxyl groups is 2. The Morgan fingerprint density at radius 2 is 2.18 bits per heavy atom. The molecular weight excluding hydrogens is 226 g/mol. The zero-order valence-electron chi connectivity index (χ0n) is 9.62. The Kier molecular flexibility index (Phi) is 4.50. The molecule has 0 amide bonds. The maximum absolute atomic E-state index is 10.6. The van der Waals surface area contributed by atoms with E-state index in [-0.39, 0.29) is 23.6 Å². The molecule has 0 aliphatic rings. The Bertz CT molecular complexity index is 411. The third-order valence-electron chi connectivity index (χ3n) is 2.36. The van der Waals surface area contributed by atoms with Gasteiger partial charge < -0.3 is 15.5 Å². The van der Waals surface area contributed by atoms with E-state index in [0.29, 0.717) is 0 Å². The third-order valence-corrected chi connectivity index (χ3v) is 2.36. The lowest BCUT2D eigenvalue weighted by molar-refractivity contribution is -0.385. The smallest absolute Gasteiger partial charge is 0.290 e. The number of hydrogen-bond donors (Lipinski definition) is 3. The van der Waals surface area contributed by atoms with E-state index in [1.54, 1.807) is 7.05 Å². The van der Waals surface area contributed by atoms with E-state index in [4.69, 9.17) is 0 Å². The van der Waals surface area contributed by atoms with Gasteiger partial charge in [0, 0.05) is 12.6 Å². The van der Waals surface area contributed by atoms with E-state index in [9.17, 15) is 20.3 Å². The van der Waals surface area contributed by atoms with Gasteiger partial charge in [-0.2, -0.15) is 0 Å². The molecule has 0 aliphatic carbocycles. The van der Waals surface area contributed by atoms with E-state index >= 15 is 0 Å². The minimum Gasteiger partial charge on any atom is -0.389 e. The first-order valence-corrected chi connectivity index (χ1v) is 5.10. The maximum Gasteiger partial charge on any atom is 0.290 e. The molecule has 2 unspecified atom stereocenters. The van der Waals surface area contributed by atoms with E-state index in [1.165, 1.54) is 19.1 Å². The monoisotopic (exact) mass is 241 g/mol. The van der Waals surface area contributed by atoms with Gasteiger partial charge in [-0.25, -0.2) is 4.98 Å². The topological polar surface area (TPSA) is 109 Å². The zero-order valence-corrected chi connectivity index (χ0v) is 9.62. The lowest BCUT2D eigenvalue weighted by Gasteiger charge is -2.17. The van der Waals surface area contributed by atoms with Crippen molar-refractivity contribution >= 4 is 5.69 Å². The van der Waals surface area contributed by atoms with Crippen molar-refractivity contribution in [3.63, 3.8) is 0 Å². The number of nitrogens with zero attached hydrogens (tertiary/aromatic N) is 2. The predicted octanol–water partition coefficient (Wildman–Crippen LogP) is -0.0881. The number of rotatable bonds is 5. The van der Waals surface area contributed by atoms with Gasteiger partial charge in [-0.15, -0.1) is 0 Å². The molecule has 0 aromatic carbocycles. The highest BCUT2D eigenvalue weighted by atomic mass is 16.6. The van der Waals surface area contributed by atoms with Crippen LogP contribution in [-0.2, 0) is 0 Å². The van der Waals surface area contributed by atoms with Crippen LogP contribution in [0.25, 0.3) is 0 Å². The number of aromatic nitrogens is 1. The van der Waals surface area contributed by atoms with Crippen LogP contribution in [-0.4, -0.2) is 39.8 Å². The van der Waals surface area contributed by atoms with Gasteiger partial charge in [-0.3, -0.25) is 10.1 Å². The number of hydrogen-bond acceptors (Lipinski definition) is 6. The number of nitrogens with one attached hydrogen (secondary N) is 1. The van der Waals surface area contributed by atoms with Crippen molar-refractivity contribution < 1.29 is 15.1 Å². The summed E-state index contributed by atoms with van der Waals surface area (Å²) in [5, 5.41) is 32.6. The molecule has 1 aromatic heterocycles. The standard InChI is InChI=1S/C10H15N3O4/c1-6-8(13(16)17)4-3-7(12-6)10(15)9(14)5-11-2/h3-4,9-11,14-15H,5H2,1-2H3. The van der Waals surface area contributed by atoms with Crippen LogP contribution in [0, 0.1) is 17.0 Å². The van der Waals surface area contributed by atoms with Crippen LogP contribution in [0.15, 0.2) is 12.1 Å². The van der Waals surface area contributed by atoms with Gasteiger partial charge in [0.05, 0.1) is 16.7 Å². The molecule has 2 atom stereocenters. The second kappa shape index (κ2) is 5.67. The summed E-state index contributed by atoms with van der Waals surface area (Å²) >= 11 is 0. The molecule has 1 heterocycles. The quantitative estimate of drug-likeness (QED) is 0.491. The molecule has 0 spiro atoms. The molecule has 7 nitrogen and oxygen atoms in total. The molecule has 0 fully saturated rings. The van der Waals surface area contributed by atoms with Crippen LogP contribution in [0.5, 0.6) is 0 Å². The summed E-state index contributed by atoms with van der Waals surface area (Å²) in [5.41, 5.74) is 0.322. The molecular formula is C10H15N3O4. The summed E-state index contributed by atoms with van der Waals surface area (Å²) in [6.07, 6.45) is -2.17. The highest BCUT2D eigenvalue weighted by molar-refractivity contribution is 5.35. The first-order chi connectivity index (χ1) is 7.97. The summed E-state index contributed by atoms with van der Waals surface area (Å²) in [6.45, 7) is 1.69. The number of nitro groups is 1. The second-order valence-corrected chi connectivity index (χ2v) is 3.67. The molecule has 94 valence electrons. The molecule has 0 aliphatic heterocycles. The lowest BCUT2D eigenvalue weighted by Crippen LogP contribution is -2.30. The molecule has 0 saturated heterocycles. The summed E-state index contributed by atoms with van der Waals surface area (Å²) in [5.74, 6) is 0. The fourth-order valence-corrected chi connectivity index (χ4v) is 1.45. The molecule has 3 N–H and O–H groups in total. The molecule has 0 radical (unpaired) electrons. The van der Waals surface area contributed by atoms with Crippen LogP contribution in [0.4, 0.5) is 5.69 Å². The van der Waals surface area contributed by atoms with Crippen LogP contribution >= 0.6 is 0 Å². The van der Waals surface area contributed by atoms with Gasteiger partial charge in [0.1, 0.15) is 11.8 Å². The average Bonchev–Trinajstić information content (AvgIpc) is 2.27. The Morgan fingerprint density at radius 3 is 2.65 bits per heavy atom. The van der Waals surface area contributed by atoms with Crippen LogP contribution in [0.1, 0.15) is 17.5 Å². The van der Waals surface area contributed by atoms with Gasteiger partial charge in [0.15, 0.2) is 0 Å². The van der Waals surface area contributed by atoms with Crippen molar-refractivity contribution in [2.75, 3.05) is 13.6 Å². The maximum atomic E-state index is 10.6. The van der Waals surface area contributed by atoms with E-state index in [0.717, 1.165) is 0 Å².